The maximum Gasteiger partial charge on any atom is 0.326 e. The van der Waals surface area contributed by atoms with Crippen LogP contribution in [-0.2, 0) is 22.1 Å². The number of amides is 1. The molecular weight excluding hydrogens is 408 g/mol. The van der Waals surface area contributed by atoms with Crippen molar-refractivity contribution in [2.24, 2.45) is 7.05 Å². The van der Waals surface area contributed by atoms with Crippen molar-refractivity contribution in [1.29, 1.82) is 0 Å². The summed E-state index contributed by atoms with van der Waals surface area (Å²) >= 11 is 0. The molecule has 1 atom stereocenters. The van der Waals surface area contributed by atoms with Gasteiger partial charge in [0.2, 0.25) is 0 Å². The molecule has 1 aliphatic rings. The van der Waals surface area contributed by atoms with Crippen LogP contribution >= 0.6 is 0 Å². The topological polar surface area (TPSA) is 121 Å². The number of nitrogens with zero attached hydrogens (tertiary/aromatic N) is 2. The second-order valence-corrected chi connectivity index (χ2v) is 8.73. The summed E-state index contributed by atoms with van der Waals surface area (Å²) in [4.78, 5) is 24.4. The number of carbonyl (C=O) groups excluding carboxylic acids is 1. The lowest BCUT2D eigenvalue weighted by Crippen LogP contribution is -2.29. The highest BCUT2D eigenvalue weighted by Crippen LogP contribution is 2.35. The van der Waals surface area contributed by atoms with Gasteiger partial charge in [0, 0.05) is 24.5 Å². The number of aryl methyl sites for hydroxylation is 1. The number of hydrogen-bond acceptors (Lipinski definition) is 6. The van der Waals surface area contributed by atoms with Crippen LogP contribution in [0.2, 0.25) is 0 Å². The molecule has 0 spiro atoms. The number of anilines is 2. The highest BCUT2D eigenvalue weighted by Gasteiger charge is 2.35. The number of rotatable bonds is 4. The van der Waals surface area contributed by atoms with Crippen LogP contribution in [0.4, 0.5) is 11.4 Å². The van der Waals surface area contributed by atoms with Gasteiger partial charge >= 0.3 is 10.2 Å². The molecule has 0 radical (unpaired) electrons. The Hall–Kier alpha value is -3.53. The van der Waals surface area contributed by atoms with Crippen LogP contribution < -0.4 is 19.9 Å². The van der Waals surface area contributed by atoms with Crippen LogP contribution in [0.1, 0.15) is 18.5 Å². The molecule has 1 fully saturated rings. The van der Waals surface area contributed by atoms with Crippen molar-refractivity contribution in [2.75, 3.05) is 16.2 Å². The summed E-state index contributed by atoms with van der Waals surface area (Å²) in [5, 5.41) is 14.1. The Morgan fingerprint density at radius 2 is 1.83 bits per heavy atom. The van der Waals surface area contributed by atoms with Crippen molar-refractivity contribution >= 4 is 38.4 Å². The number of benzene rings is 2. The number of aromatic hydroxyl groups is 1. The number of hydrogen-bond donors (Lipinski definition) is 3. The standard InChI is InChI=1S/C20H20N4O5S/c1-12(13-6-4-3-5-7-13)21-15-8-14-9-17(24-11-19(26)22-30(24,28)29)18(25)10-16(14)23(2)20(15)27/h3-10,12,21,25H,11H2,1-2H3,(H,22,26)/t12-/m1/s1. The first kappa shape index (κ1) is 19.8. The lowest BCUT2D eigenvalue weighted by molar-refractivity contribution is -0.117. The first-order valence-electron chi connectivity index (χ1n) is 9.19. The van der Waals surface area contributed by atoms with E-state index in [0.29, 0.717) is 16.6 Å². The smallest absolute Gasteiger partial charge is 0.326 e. The molecule has 2 aromatic carbocycles. The molecule has 0 bridgehead atoms. The normalized spacial score (nSPS) is 16.5. The van der Waals surface area contributed by atoms with Crippen molar-refractivity contribution in [1.82, 2.24) is 9.29 Å². The predicted molar refractivity (Wildman–Crippen MR) is 114 cm³/mol. The van der Waals surface area contributed by atoms with E-state index in [1.807, 2.05) is 42.0 Å². The quantitative estimate of drug-likeness (QED) is 0.581. The average molecular weight is 428 g/mol. The minimum atomic E-state index is -4.07. The zero-order chi connectivity index (χ0) is 21.6. The Morgan fingerprint density at radius 3 is 2.47 bits per heavy atom. The minimum Gasteiger partial charge on any atom is -0.506 e. The van der Waals surface area contributed by atoms with Crippen LogP contribution in [0.15, 0.2) is 53.3 Å². The van der Waals surface area contributed by atoms with Gasteiger partial charge in [-0.3, -0.25) is 9.59 Å². The third-order valence-corrected chi connectivity index (χ3v) is 6.47. The van der Waals surface area contributed by atoms with Gasteiger partial charge in [0.25, 0.3) is 11.5 Å². The second kappa shape index (κ2) is 7.06. The molecular formula is C20H20N4O5S. The van der Waals surface area contributed by atoms with E-state index in [9.17, 15) is 23.1 Å². The number of nitrogens with one attached hydrogen (secondary N) is 2. The van der Waals surface area contributed by atoms with Gasteiger partial charge in [0.05, 0.1) is 11.2 Å². The Morgan fingerprint density at radius 1 is 1.13 bits per heavy atom. The summed E-state index contributed by atoms with van der Waals surface area (Å²) in [5.74, 6) is -1.04. The first-order valence-corrected chi connectivity index (χ1v) is 10.6. The molecule has 0 unspecified atom stereocenters. The number of phenolic OH excluding ortho intramolecular Hbond substituents is 1. The van der Waals surface area contributed by atoms with Gasteiger partial charge in [-0.25, -0.2) is 9.03 Å². The van der Waals surface area contributed by atoms with E-state index in [-0.39, 0.29) is 23.0 Å². The largest absolute Gasteiger partial charge is 0.506 e. The number of carbonyl (C=O) groups is 1. The molecule has 3 N–H and O–H groups in total. The van der Waals surface area contributed by atoms with Crippen LogP contribution in [0.5, 0.6) is 5.75 Å². The summed E-state index contributed by atoms with van der Waals surface area (Å²) in [7, 11) is -2.51. The molecule has 156 valence electrons. The summed E-state index contributed by atoms with van der Waals surface area (Å²) in [5.41, 5.74) is 1.43. The van der Waals surface area contributed by atoms with Crippen molar-refractivity contribution in [3.05, 3.63) is 64.4 Å². The Kier molecular flexibility index (Phi) is 4.65. The van der Waals surface area contributed by atoms with Crippen molar-refractivity contribution in [3.63, 3.8) is 0 Å². The van der Waals surface area contributed by atoms with Crippen LogP contribution in [-0.4, -0.2) is 30.5 Å². The van der Waals surface area contributed by atoms with Crippen molar-refractivity contribution < 1.29 is 18.3 Å². The molecule has 4 rings (SSSR count). The number of fused-ring (bicyclic) bond motifs is 1. The SMILES string of the molecule is C[C@@H](Nc1cc2cc(N3CC(=O)NS3(=O)=O)c(O)cc2n(C)c1=O)c1ccccc1. The van der Waals surface area contributed by atoms with E-state index < -0.39 is 22.7 Å². The van der Waals surface area contributed by atoms with Gasteiger partial charge in [-0.15, -0.1) is 0 Å². The number of phenols is 1. The van der Waals surface area contributed by atoms with E-state index in [2.05, 4.69) is 5.32 Å². The van der Waals surface area contributed by atoms with E-state index in [1.54, 1.807) is 13.1 Å². The number of pyridine rings is 1. The van der Waals surface area contributed by atoms with Gasteiger partial charge < -0.3 is 15.0 Å². The monoisotopic (exact) mass is 428 g/mol. The number of aromatic nitrogens is 1. The van der Waals surface area contributed by atoms with E-state index >= 15 is 0 Å². The van der Waals surface area contributed by atoms with E-state index in [0.717, 1.165) is 9.87 Å². The Balaban J connectivity index is 1.81. The second-order valence-electron chi connectivity index (χ2n) is 7.14. The third kappa shape index (κ3) is 3.35. The summed E-state index contributed by atoms with van der Waals surface area (Å²) in [6.45, 7) is 1.50. The molecule has 1 aliphatic heterocycles. The molecule has 3 aromatic rings. The maximum absolute atomic E-state index is 12.8. The molecule has 1 saturated heterocycles. The van der Waals surface area contributed by atoms with Gasteiger partial charge in [-0.1, -0.05) is 30.3 Å². The van der Waals surface area contributed by atoms with Crippen molar-refractivity contribution in [2.45, 2.75) is 13.0 Å². The van der Waals surface area contributed by atoms with Crippen LogP contribution in [0.25, 0.3) is 10.9 Å². The fourth-order valence-electron chi connectivity index (χ4n) is 3.52. The van der Waals surface area contributed by atoms with E-state index in [1.165, 1.54) is 16.7 Å². The average Bonchev–Trinajstić information content (AvgIpc) is 2.98. The van der Waals surface area contributed by atoms with E-state index in [4.69, 9.17) is 0 Å². The fourth-order valence-corrected chi connectivity index (χ4v) is 4.67. The molecule has 10 heteroatoms. The molecule has 30 heavy (non-hydrogen) atoms. The molecule has 2 heterocycles. The summed E-state index contributed by atoms with van der Waals surface area (Å²) in [6.07, 6.45) is 0. The zero-order valence-electron chi connectivity index (χ0n) is 16.3. The van der Waals surface area contributed by atoms with Crippen molar-refractivity contribution in [3.8, 4) is 5.75 Å². The molecule has 0 aliphatic carbocycles. The van der Waals surface area contributed by atoms with Crippen LogP contribution in [0, 0.1) is 0 Å². The fraction of sp³-hybridized carbons (Fsp3) is 0.200. The van der Waals surface area contributed by atoms with Gasteiger partial charge in [0.15, 0.2) is 0 Å². The maximum atomic E-state index is 12.8. The Bertz CT molecular complexity index is 1320. The highest BCUT2D eigenvalue weighted by atomic mass is 32.2. The molecule has 1 aromatic heterocycles. The van der Waals surface area contributed by atoms with Gasteiger partial charge in [-0.05, 0) is 24.6 Å². The Labute approximate surface area is 172 Å². The zero-order valence-corrected chi connectivity index (χ0v) is 17.1. The summed E-state index contributed by atoms with van der Waals surface area (Å²) < 4.78 is 28.4. The lowest BCUT2D eigenvalue weighted by Gasteiger charge is -2.19. The highest BCUT2D eigenvalue weighted by molar-refractivity contribution is 7.92. The lowest BCUT2D eigenvalue weighted by atomic mass is 10.1. The molecule has 0 saturated carbocycles. The molecule has 9 nitrogen and oxygen atoms in total. The first-order chi connectivity index (χ1) is 14.2. The van der Waals surface area contributed by atoms with Gasteiger partial charge in [-0.2, -0.15) is 8.42 Å². The minimum absolute atomic E-state index is 0.0402. The van der Waals surface area contributed by atoms with Crippen LogP contribution in [0.3, 0.4) is 0 Å². The van der Waals surface area contributed by atoms with Gasteiger partial charge in [0.1, 0.15) is 18.0 Å². The third-order valence-electron chi connectivity index (χ3n) is 5.08. The molecule has 1 amide bonds. The summed E-state index contributed by atoms with van der Waals surface area (Å²) in [6, 6.07) is 13.8. The predicted octanol–water partition coefficient (Wildman–Crippen LogP) is 1.60.